The van der Waals surface area contributed by atoms with Crippen LogP contribution in [0.1, 0.15) is 36.8 Å². The van der Waals surface area contributed by atoms with Gasteiger partial charge in [-0.05, 0) is 44.5 Å². The first kappa shape index (κ1) is 16.7. The van der Waals surface area contributed by atoms with Crippen LogP contribution in [0.2, 0.25) is 0 Å². The smallest absolute Gasteiger partial charge is 0.178 e. The molecule has 5 heterocycles. The van der Waals surface area contributed by atoms with Crippen LogP contribution >= 0.6 is 0 Å². The molecule has 0 amide bonds. The second-order valence-electron chi connectivity index (χ2n) is 7.68. The Hall–Kier alpha value is -2.48. The van der Waals surface area contributed by atoms with Crippen LogP contribution in [0.25, 0.3) is 5.65 Å². The molecule has 5 rings (SSSR count). The molecule has 0 unspecified atom stereocenters. The van der Waals surface area contributed by atoms with Crippen LogP contribution in [0.5, 0.6) is 0 Å². The Bertz CT molecular complexity index is 917. The molecule has 2 aliphatic rings. The normalized spacial score (nSPS) is 18.9. The summed E-state index contributed by atoms with van der Waals surface area (Å²) < 4.78 is 4.08. The number of likely N-dealkylation sites (tertiary alicyclic amines) is 1. The second-order valence-corrected chi connectivity index (χ2v) is 7.68. The van der Waals surface area contributed by atoms with E-state index in [1.807, 2.05) is 23.0 Å². The number of hydrogen-bond acceptors (Lipinski definition) is 6. The Labute approximate surface area is 158 Å². The molecule has 0 bridgehead atoms. The largest absolute Gasteiger partial charge is 0.355 e. The molecule has 0 atom stereocenters. The molecule has 8 heteroatoms. The summed E-state index contributed by atoms with van der Waals surface area (Å²) in [7, 11) is 2.06. The molecule has 2 aliphatic heterocycles. The van der Waals surface area contributed by atoms with Gasteiger partial charge in [0.2, 0.25) is 0 Å². The van der Waals surface area contributed by atoms with Crippen LogP contribution in [0, 0.1) is 0 Å². The molecule has 2 fully saturated rings. The first-order valence-electron chi connectivity index (χ1n) is 9.94. The third kappa shape index (κ3) is 3.18. The number of rotatable bonds is 5. The molecule has 142 valence electrons. The van der Waals surface area contributed by atoms with Crippen molar-refractivity contribution >= 4 is 11.5 Å². The van der Waals surface area contributed by atoms with Crippen LogP contribution in [0.15, 0.2) is 24.5 Å². The van der Waals surface area contributed by atoms with E-state index in [-0.39, 0.29) is 0 Å². The maximum Gasteiger partial charge on any atom is 0.178 e. The molecule has 0 saturated carbocycles. The van der Waals surface area contributed by atoms with Gasteiger partial charge in [-0.2, -0.15) is 4.52 Å². The number of aromatic nitrogens is 6. The van der Waals surface area contributed by atoms with Crippen LogP contribution in [0.3, 0.4) is 0 Å². The van der Waals surface area contributed by atoms with Crippen LogP contribution in [-0.4, -0.2) is 67.0 Å². The van der Waals surface area contributed by atoms with Crippen molar-refractivity contribution in [2.75, 3.05) is 37.6 Å². The topological polar surface area (TPSA) is 67.4 Å². The first-order chi connectivity index (χ1) is 13.3. The Kier molecular flexibility index (Phi) is 4.27. The highest BCUT2D eigenvalue weighted by molar-refractivity contribution is 5.47. The summed E-state index contributed by atoms with van der Waals surface area (Å²) in [6.07, 6.45) is 8.36. The molecule has 8 nitrogen and oxygen atoms in total. The van der Waals surface area contributed by atoms with Crippen molar-refractivity contribution in [1.82, 2.24) is 34.3 Å². The molecule has 0 spiro atoms. The zero-order valence-corrected chi connectivity index (χ0v) is 15.8. The molecular formula is C19H26N8. The summed E-state index contributed by atoms with van der Waals surface area (Å²) in [5, 5.41) is 13.7. The van der Waals surface area contributed by atoms with Crippen molar-refractivity contribution in [3.05, 3.63) is 36.2 Å². The number of imidazole rings is 1. The van der Waals surface area contributed by atoms with Gasteiger partial charge in [0, 0.05) is 51.4 Å². The quantitative estimate of drug-likeness (QED) is 0.682. The summed E-state index contributed by atoms with van der Waals surface area (Å²) in [6, 6.07) is 4.10. The molecule has 2 saturated heterocycles. The lowest BCUT2D eigenvalue weighted by Gasteiger charge is -2.32. The molecule has 0 N–H and O–H groups in total. The third-order valence-electron chi connectivity index (χ3n) is 5.98. The lowest BCUT2D eigenvalue weighted by atomic mass is 9.96. The Morgan fingerprint density at radius 3 is 2.63 bits per heavy atom. The fraction of sp³-hybridized carbons (Fsp3) is 0.579. The summed E-state index contributed by atoms with van der Waals surface area (Å²) in [5.74, 6) is 3.66. The monoisotopic (exact) mass is 366 g/mol. The zero-order valence-electron chi connectivity index (χ0n) is 15.8. The van der Waals surface area contributed by atoms with Gasteiger partial charge in [-0.25, -0.2) is 4.98 Å². The number of piperidine rings is 1. The number of anilines is 1. The minimum absolute atomic E-state index is 0.434. The highest BCUT2D eigenvalue weighted by Gasteiger charge is 2.26. The number of hydrogen-bond donors (Lipinski definition) is 0. The molecular weight excluding hydrogens is 340 g/mol. The highest BCUT2D eigenvalue weighted by Crippen LogP contribution is 2.27. The van der Waals surface area contributed by atoms with Crippen LogP contribution in [-0.2, 0) is 13.5 Å². The maximum atomic E-state index is 4.82. The van der Waals surface area contributed by atoms with E-state index < -0.39 is 0 Å². The van der Waals surface area contributed by atoms with Gasteiger partial charge in [0.1, 0.15) is 11.6 Å². The first-order valence-corrected chi connectivity index (χ1v) is 9.94. The standard InChI is InChI=1S/C19H26N8/c1-24-14-8-20-16(24)7-13-25-11-5-15(6-12-25)19-22-21-17-3-4-18(23-27(17)19)26-9-2-10-26/h3-4,8,14-15H,2,5-7,9-13H2,1H3. The van der Waals surface area contributed by atoms with Crippen molar-refractivity contribution in [1.29, 1.82) is 0 Å². The summed E-state index contributed by atoms with van der Waals surface area (Å²) in [6.45, 7) is 5.45. The van der Waals surface area contributed by atoms with Crippen LogP contribution < -0.4 is 4.90 Å². The fourth-order valence-electron chi connectivity index (χ4n) is 4.07. The van der Waals surface area contributed by atoms with Crippen molar-refractivity contribution < 1.29 is 0 Å². The molecule has 27 heavy (non-hydrogen) atoms. The van der Waals surface area contributed by atoms with Gasteiger partial charge in [-0.15, -0.1) is 15.3 Å². The highest BCUT2D eigenvalue weighted by atomic mass is 15.4. The van der Waals surface area contributed by atoms with E-state index in [2.05, 4.69) is 42.7 Å². The number of nitrogens with zero attached hydrogens (tertiary/aromatic N) is 8. The minimum Gasteiger partial charge on any atom is -0.355 e. The minimum atomic E-state index is 0.434. The third-order valence-corrected chi connectivity index (χ3v) is 5.98. The van der Waals surface area contributed by atoms with E-state index >= 15 is 0 Å². The second kappa shape index (κ2) is 6.92. The average Bonchev–Trinajstić information content (AvgIpc) is 3.25. The van der Waals surface area contributed by atoms with E-state index in [0.29, 0.717) is 5.92 Å². The van der Waals surface area contributed by atoms with Crippen molar-refractivity contribution in [3.63, 3.8) is 0 Å². The predicted molar refractivity (Wildman–Crippen MR) is 103 cm³/mol. The summed E-state index contributed by atoms with van der Waals surface area (Å²) in [5.41, 5.74) is 0.853. The van der Waals surface area contributed by atoms with Gasteiger partial charge in [-0.3, -0.25) is 0 Å². The number of fused-ring (bicyclic) bond motifs is 1. The van der Waals surface area contributed by atoms with E-state index in [0.717, 1.165) is 75.1 Å². The van der Waals surface area contributed by atoms with Crippen molar-refractivity contribution in [2.45, 2.75) is 31.6 Å². The van der Waals surface area contributed by atoms with Gasteiger partial charge >= 0.3 is 0 Å². The van der Waals surface area contributed by atoms with Gasteiger partial charge in [0.15, 0.2) is 11.5 Å². The Morgan fingerprint density at radius 2 is 1.93 bits per heavy atom. The SMILES string of the molecule is Cn1ccnc1CCN1CCC(c2nnc3ccc(N4CCC4)nn23)CC1. The molecule has 3 aromatic rings. The fourth-order valence-corrected chi connectivity index (χ4v) is 4.07. The van der Waals surface area contributed by atoms with Gasteiger partial charge in [0.25, 0.3) is 0 Å². The molecule has 0 radical (unpaired) electrons. The summed E-state index contributed by atoms with van der Waals surface area (Å²) in [4.78, 5) is 9.27. The molecule has 3 aromatic heterocycles. The van der Waals surface area contributed by atoms with E-state index in [1.165, 1.54) is 6.42 Å². The average molecular weight is 366 g/mol. The summed E-state index contributed by atoms with van der Waals surface area (Å²) >= 11 is 0. The Balaban J connectivity index is 1.24. The van der Waals surface area contributed by atoms with Gasteiger partial charge < -0.3 is 14.4 Å². The lowest BCUT2D eigenvalue weighted by Crippen LogP contribution is -2.38. The number of aryl methyl sites for hydroxylation is 1. The maximum absolute atomic E-state index is 4.82. The van der Waals surface area contributed by atoms with E-state index in [4.69, 9.17) is 5.10 Å². The van der Waals surface area contributed by atoms with E-state index in [9.17, 15) is 0 Å². The van der Waals surface area contributed by atoms with E-state index in [1.54, 1.807) is 0 Å². The van der Waals surface area contributed by atoms with Gasteiger partial charge in [0.05, 0.1) is 0 Å². The molecule has 0 aliphatic carbocycles. The molecule has 0 aromatic carbocycles. The lowest BCUT2D eigenvalue weighted by molar-refractivity contribution is 0.209. The van der Waals surface area contributed by atoms with Crippen LogP contribution in [0.4, 0.5) is 5.82 Å². The van der Waals surface area contributed by atoms with Crippen molar-refractivity contribution in [2.24, 2.45) is 7.05 Å². The van der Waals surface area contributed by atoms with Gasteiger partial charge in [-0.1, -0.05) is 0 Å². The Morgan fingerprint density at radius 1 is 1.07 bits per heavy atom. The zero-order chi connectivity index (χ0) is 18.2. The predicted octanol–water partition coefficient (Wildman–Crippen LogP) is 1.49. The van der Waals surface area contributed by atoms with Crippen molar-refractivity contribution in [3.8, 4) is 0 Å².